The van der Waals surface area contributed by atoms with Crippen molar-refractivity contribution in [1.82, 2.24) is 9.80 Å². The van der Waals surface area contributed by atoms with Crippen molar-refractivity contribution >= 4 is 5.91 Å². The molecule has 30 heavy (non-hydrogen) atoms. The van der Waals surface area contributed by atoms with Gasteiger partial charge in [0.2, 0.25) is 5.91 Å². The molecule has 0 aliphatic carbocycles. The lowest BCUT2D eigenvalue weighted by atomic mass is 9.89. The molecule has 1 saturated heterocycles. The van der Waals surface area contributed by atoms with Crippen LogP contribution in [0.2, 0.25) is 0 Å². The van der Waals surface area contributed by atoms with Crippen LogP contribution in [0.25, 0.3) is 0 Å². The summed E-state index contributed by atoms with van der Waals surface area (Å²) in [4.78, 5) is 16.7. The Balaban J connectivity index is 1.42. The van der Waals surface area contributed by atoms with Crippen LogP contribution in [0.5, 0.6) is 0 Å². The summed E-state index contributed by atoms with van der Waals surface area (Å²) in [6.45, 7) is 4.19. The van der Waals surface area contributed by atoms with Gasteiger partial charge in [-0.3, -0.25) is 9.69 Å². The fraction of sp³-hybridized carbons (Fsp3) is 0.480. The molecular weight excluding hydrogens is 379 g/mol. The zero-order chi connectivity index (χ0) is 21.3. The van der Waals surface area contributed by atoms with Crippen LogP contribution in [0.4, 0.5) is 4.39 Å². The fourth-order valence-corrected chi connectivity index (χ4v) is 4.07. The monoisotopic (exact) mass is 412 g/mol. The lowest BCUT2D eigenvalue weighted by Crippen LogP contribution is -2.39. The van der Waals surface area contributed by atoms with Gasteiger partial charge in [-0.15, -0.1) is 0 Å². The molecule has 1 aliphatic rings. The predicted molar refractivity (Wildman–Crippen MR) is 118 cm³/mol. The lowest BCUT2D eigenvalue weighted by Gasteiger charge is -2.32. The van der Waals surface area contributed by atoms with Gasteiger partial charge in [-0.25, -0.2) is 4.39 Å². The van der Waals surface area contributed by atoms with E-state index in [-0.39, 0.29) is 18.1 Å². The van der Waals surface area contributed by atoms with Crippen LogP contribution in [0.15, 0.2) is 48.5 Å². The van der Waals surface area contributed by atoms with Gasteiger partial charge in [-0.2, -0.15) is 0 Å². The van der Waals surface area contributed by atoms with Crippen LogP contribution in [0.1, 0.15) is 29.5 Å². The molecule has 0 unspecified atom stereocenters. The van der Waals surface area contributed by atoms with Crippen molar-refractivity contribution < 1.29 is 13.9 Å². The normalized spacial score (nSPS) is 15.0. The second-order valence-corrected chi connectivity index (χ2v) is 8.38. The number of halogens is 1. The molecule has 0 bridgehead atoms. The summed E-state index contributed by atoms with van der Waals surface area (Å²) in [6, 6.07) is 15.2. The molecule has 1 heterocycles. The van der Waals surface area contributed by atoms with Gasteiger partial charge in [0, 0.05) is 33.3 Å². The van der Waals surface area contributed by atoms with Gasteiger partial charge in [-0.05, 0) is 61.1 Å². The van der Waals surface area contributed by atoms with E-state index in [1.165, 1.54) is 23.3 Å². The molecule has 0 radical (unpaired) electrons. The molecule has 0 N–H and O–H groups in total. The number of piperidine rings is 1. The number of hydrogen-bond donors (Lipinski definition) is 0. The molecule has 0 atom stereocenters. The molecule has 2 aromatic carbocycles. The molecule has 3 rings (SSSR count). The minimum absolute atomic E-state index is 0.0981. The number of likely N-dealkylation sites (N-methyl/N-ethyl adjacent to an activating group) is 1. The molecule has 162 valence electrons. The SMILES string of the molecule is COCCN(C)Cc1ccc(CC2CCN(C(=O)Cc3cccc(F)c3)CC2)cc1. The van der Waals surface area contributed by atoms with Crippen LogP contribution < -0.4 is 0 Å². The van der Waals surface area contributed by atoms with Crippen molar-refractivity contribution in [3.05, 3.63) is 71.0 Å². The number of rotatable bonds is 9. The summed E-state index contributed by atoms with van der Waals surface area (Å²) in [6.07, 6.45) is 3.39. The van der Waals surface area contributed by atoms with E-state index in [1.807, 2.05) is 11.0 Å². The Kier molecular flexibility index (Phi) is 8.40. The second-order valence-electron chi connectivity index (χ2n) is 8.38. The number of benzene rings is 2. The summed E-state index contributed by atoms with van der Waals surface area (Å²) in [5.41, 5.74) is 3.42. The topological polar surface area (TPSA) is 32.8 Å². The molecule has 0 aromatic heterocycles. The quantitative estimate of drug-likeness (QED) is 0.626. The number of amides is 1. The van der Waals surface area contributed by atoms with E-state index >= 15 is 0 Å². The van der Waals surface area contributed by atoms with Crippen molar-refractivity contribution in [2.45, 2.75) is 32.2 Å². The van der Waals surface area contributed by atoms with E-state index in [1.54, 1.807) is 13.2 Å². The van der Waals surface area contributed by atoms with E-state index in [0.717, 1.165) is 57.6 Å². The average Bonchev–Trinajstić information content (AvgIpc) is 2.74. The van der Waals surface area contributed by atoms with Crippen LogP contribution in [0, 0.1) is 11.7 Å². The largest absolute Gasteiger partial charge is 0.383 e. The molecule has 2 aromatic rings. The molecule has 0 spiro atoms. The van der Waals surface area contributed by atoms with Gasteiger partial charge < -0.3 is 9.64 Å². The van der Waals surface area contributed by atoms with Gasteiger partial charge in [0.05, 0.1) is 13.0 Å². The number of nitrogens with zero attached hydrogens (tertiary/aromatic N) is 2. The second kappa shape index (κ2) is 11.2. The first-order chi connectivity index (χ1) is 14.5. The summed E-state index contributed by atoms with van der Waals surface area (Å²) < 4.78 is 18.5. The van der Waals surface area contributed by atoms with Gasteiger partial charge in [0.25, 0.3) is 0 Å². The number of hydrogen-bond acceptors (Lipinski definition) is 3. The van der Waals surface area contributed by atoms with Crippen LogP contribution in [-0.4, -0.2) is 56.1 Å². The van der Waals surface area contributed by atoms with E-state index < -0.39 is 0 Å². The van der Waals surface area contributed by atoms with Crippen molar-refractivity contribution in [2.24, 2.45) is 5.92 Å². The van der Waals surface area contributed by atoms with Crippen molar-refractivity contribution in [3.8, 4) is 0 Å². The maximum atomic E-state index is 13.3. The summed E-state index contributed by atoms with van der Waals surface area (Å²) in [7, 11) is 3.84. The maximum Gasteiger partial charge on any atom is 0.226 e. The Labute approximate surface area is 179 Å². The molecule has 4 nitrogen and oxygen atoms in total. The van der Waals surface area contributed by atoms with E-state index in [0.29, 0.717) is 5.92 Å². The number of methoxy groups -OCH3 is 1. The average molecular weight is 413 g/mol. The molecule has 1 fully saturated rings. The molecular formula is C25H33FN2O2. The van der Waals surface area contributed by atoms with Gasteiger partial charge in [0.15, 0.2) is 0 Å². The third-order valence-corrected chi connectivity index (χ3v) is 5.89. The first-order valence-electron chi connectivity index (χ1n) is 10.8. The Morgan fingerprint density at radius 2 is 1.80 bits per heavy atom. The number of ether oxygens (including phenoxy) is 1. The van der Waals surface area contributed by atoms with Gasteiger partial charge in [0.1, 0.15) is 5.82 Å². The Morgan fingerprint density at radius 3 is 2.47 bits per heavy atom. The minimum atomic E-state index is -0.286. The highest BCUT2D eigenvalue weighted by molar-refractivity contribution is 5.78. The minimum Gasteiger partial charge on any atom is -0.383 e. The van der Waals surface area contributed by atoms with E-state index in [2.05, 4.69) is 36.2 Å². The standard InChI is InChI=1S/C25H33FN2O2/c1-27(14-15-30-2)19-22-8-6-20(7-9-22)16-21-10-12-28(13-11-21)25(29)18-23-4-3-5-24(26)17-23/h3-9,17,21H,10-16,18-19H2,1-2H3. The lowest BCUT2D eigenvalue weighted by molar-refractivity contribution is -0.131. The maximum absolute atomic E-state index is 13.3. The summed E-state index contributed by atoms with van der Waals surface area (Å²) >= 11 is 0. The highest BCUT2D eigenvalue weighted by atomic mass is 19.1. The fourth-order valence-electron chi connectivity index (χ4n) is 4.07. The zero-order valence-corrected chi connectivity index (χ0v) is 18.1. The van der Waals surface area contributed by atoms with Crippen molar-refractivity contribution in [2.75, 3.05) is 40.4 Å². The first-order valence-corrected chi connectivity index (χ1v) is 10.8. The van der Waals surface area contributed by atoms with Gasteiger partial charge in [-0.1, -0.05) is 36.4 Å². The van der Waals surface area contributed by atoms with E-state index in [4.69, 9.17) is 4.74 Å². The summed E-state index contributed by atoms with van der Waals surface area (Å²) in [5, 5.41) is 0. The van der Waals surface area contributed by atoms with Crippen LogP contribution >= 0.6 is 0 Å². The summed E-state index contributed by atoms with van der Waals surface area (Å²) in [5.74, 6) is 0.422. The Morgan fingerprint density at radius 1 is 1.10 bits per heavy atom. The number of carbonyl (C=O) groups is 1. The molecule has 5 heteroatoms. The predicted octanol–water partition coefficient (Wildman–Crippen LogP) is 3.93. The number of carbonyl (C=O) groups excluding carboxylic acids is 1. The highest BCUT2D eigenvalue weighted by Gasteiger charge is 2.23. The molecule has 0 saturated carbocycles. The Bertz CT molecular complexity index is 801. The Hall–Kier alpha value is -2.24. The van der Waals surface area contributed by atoms with Gasteiger partial charge >= 0.3 is 0 Å². The third kappa shape index (κ3) is 6.92. The smallest absolute Gasteiger partial charge is 0.226 e. The zero-order valence-electron chi connectivity index (χ0n) is 18.1. The number of likely N-dealkylation sites (tertiary alicyclic amines) is 1. The molecule has 1 aliphatic heterocycles. The third-order valence-electron chi connectivity index (χ3n) is 5.89. The van der Waals surface area contributed by atoms with Crippen LogP contribution in [0.3, 0.4) is 0 Å². The van der Waals surface area contributed by atoms with Crippen molar-refractivity contribution in [1.29, 1.82) is 0 Å². The first kappa shape index (κ1) is 22.4. The van der Waals surface area contributed by atoms with E-state index in [9.17, 15) is 9.18 Å². The highest BCUT2D eigenvalue weighted by Crippen LogP contribution is 2.23. The molecule has 1 amide bonds. The van der Waals surface area contributed by atoms with Crippen molar-refractivity contribution in [3.63, 3.8) is 0 Å². The van der Waals surface area contributed by atoms with Crippen LogP contribution in [-0.2, 0) is 28.9 Å².